The maximum Gasteiger partial charge on any atom is 0.251 e. The molecule has 1 N–H and O–H groups in total. The Bertz CT molecular complexity index is 992. The lowest BCUT2D eigenvalue weighted by Gasteiger charge is -2.38. The quantitative estimate of drug-likeness (QED) is 0.764. The van der Waals surface area contributed by atoms with Gasteiger partial charge in [-0.25, -0.2) is 4.99 Å². The summed E-state index contributed by atoms with van der Waals surface area (Å²) in [4.78, 5) is 28.3. The summed E-state index contributed by atoms with van der Waals surface area (Å²) < 4.78 is 0. The van der Waals surface area contributed by atoms with Crippen LogP contribution in [0.3, 0.4) is 0 Å². The van der Waals surface area contributed by atoms with Crippen LogP contribution in [-0.4, -0.2) is 85.1 Å². The van der Waals surface area contributed by atoms with E-state index < -0.39 is 0 Å². The summed E-state index contributed by atoms with van der Waals surface area (Å²) in [6, 6.07) is 9.98. The number of carbonyl (C=O) groups excluding carboxylic acids is 1. The van der Waals surface area contributed by atoms with Crippen molar-refractivity contribution >= 4 is 17.6 Å². The first-order valence-corrected chi connectivity index (χ1v) is 11.1. The van der Waals surface area contributed by atoms with Crippen LogP contribution >= 0.6 is 0 Å². The number of nitriles is 1. The lowest BCUT2D eigenvalue weighted by atomic mass is 9.90. The largest absolute Gasteiger partial charge is 0.348 e. The average molecular weight is 434 g/mol. The predicted molar refractivity (Wildman–Crippen MR) is 125 cm³/mol. The molecule has 1 fully saturated rings. The minimum Gasteiger partial charge on any atom is -0.348 e. The lowest BCUT2D eigenvalue weighted by Crippen LogP contribution is -2.50. The van der Waals surface area contributed by atoms with Gasteiger partial charge in [0.2, 0.25) is 5.84 Å². The van der Waals surface area contributed by atoms with Crippen molar-refractivity contribution in [2.75, 3.05) is 52.9 Å². The zero-order valence-electron chi connectivity index (χ0n) is 19.1. The summed E-state index contributed by atoms with van der Waals surface area (Å²) in [5, 5.41) is 12.4. The van der Waals surface area contributed by atoms with Gasteiger partial charge in [0, 0.05) is 75.1 Å². The lowest BCUT2D eigenvalue weighted by molar-refractivity contribution is 0.0957. The molecule has 0 saturated carbocycles. The van der Waals surface area contributed by atoms with Crippen molar-refractivity contribution in [3.05, 3.63) is 47.2 Å². The Hall–Kier alpha value is -3.02. The van der Waals surface area contributed by atoms with E-state index in [0.29, 0.717) is 31.0 Å². The molecule has 168 valence electrons. The maximum absolute atomic E-state index is 12.7. The fourth-order valence-electron chi connectivity index (χ4n) is 4.16. The molecule has 0 aliphatic carbocycles. The highest BCUT2D eigenvalue weighted by atomic mass is 16.1. The van der Waals surface area contributed by atoms with Gasteiger partial charge in [-0.1, -0.05) is 26.0 Å². The monoisotopic (exact) mass is 433 g/mol. The van der Waals surface area contributed by atoms with Gasteiger partial charge in [0.25, 0.3) is 5.91 Å². The molecule has 1 aromatic carbocycles. The molecular weight excluding hydrogens is 402 g/mol. The van der Waals surface area contributed by atoms with Crippen LogP contribution in [0.4, 0.5) is 0 Å². The SMILES string of the molecule is CN1CCN(Cc2ccc(C(=O)NCC3=CN=C(C#N)N4CC(C)(C)CN=C34)cc2)CC1. The second-order valence-electron chi connectivity index (χ2n) is 9.57. The van der Waals surface area contributed by atoms with Crippen LogP contribution in [0, 0.1) is 16.7 Å². The van der Waals surface area contributed by atoms with Crippen LogP contribution in [-0.2, 0) is 6.54 Å². The number of rotatable bonds is 5. The molecule has 8 nitrogen and oxygen atoms in total. The molecule has 3 aliphatic heterocycles. The number of amides is 1. The number of hydrogen-bond acceptors (Lipinski definition) is 7. The molecule has 32 heavy (non-hydrogen) atoms. The van der Waals surface area contributed by atoms with E-state index in [9.17, 15) is 10.1 Å². The van der Waals surface area contributed by atoms with Gasteiger partial charge in [0.15, 0.2) is 0 Å². The molecule has 0 radical (unpaired) electrons. The molecule has 1 aromatic rings. The van der Waals surface area contributed by atoms with Gasteiger partial charge in [-0.05, 0) is 24.7 Å². The average Bonchev–Trinajstić information content (AvgIpc) is 2.78. The third-order valence-electron chi connectivity index (χ3n) is 6.14. The molecule has 3 heterocycles. The number of carbonyl (C=O) groups is 1. The highest BCUT2D eigenvalue weighted by Gasteiger charge is 2.34. The Morgan fingerprint density at radius 1 is 1.19 bits per heavy atom. The number of hydrogen-bond donors (Lipinski definition) is 1. The van der Waals surface area contributed by atoms with Gasteiger partial charge in [0.05, 0.1) is 0 Å². The predicted octanol–water partition coefficient (Wildman–Crippen LogP) is 1.72. The Morgan fingerprint density at radius 2 is 1.91 bits per heavy atom. The van der Waals surface area contributed by atoms with Crippen molar-refractivity contribution in [1.29, 1.82) is 5.26 Å². The third-order valence-corrected chi connectivity index (χ3v) is 6.14. The van der Waals surface area contributed by atoms with Gasteiger partial charge < -0.3 is 15.1 Å². The van der Waals surface area contributed by atoms with Gasteiger partial charge in [0.1, 0.15) is 11.9 Å². The van der Waals surface area contributed by atoms with E-state index >= 15 is 0 Å². The van der Waals surface area contributed by atoms with Crippen LogP contribution < -0.4 is 5.32 Å². The highest BCUT2D eigenvalue weighted by molar-refractivity contribution is 6.16. The zero-order chi connectivity index (χ0) is 22.7. The Morgan fingerprint density at radius 3 is 2.59 bits per heavy atom. The summed E-state index contributed by atoms with van der Waals surface area (Å²) in [5.74, 6) is 0.955. The number of fused-ring (bicyclic) bond motifs is 1. The van der Waals surface area contributed by atoms with Crippen LogP contribution in [0.5, 0.6) is 0 Å². The minimum absolute atomic E-state index is 0.0291. The number of nitrogens with one attached hydrogen (secondary N) is 1. The first kappa shape index (κ1) is 22.2. The second kappa shape index (κ2) is 9.23. The van der Waals surface area contributed by atoms with Crippen LogP contribution in [0.15, 0.2) is 46.0 Å². The molecule has 0 aromatic heterocycles. The molecule has 0 bridgehead atoms. The van der Waals surface area contributed by atoms with Gasteiger partial charge >= 0.3 is 0 Å². The Kier molecular flexibility index (Phi) is 6.40. The van der Waals surface area contributed by atoms with E-state index in [0.717, 1.165) is 44.1 Å². The standard InChI is InChI=1S/C24H31N7O/c1-24(2)16-28-22-20(13-26-21(12-25)31(22)17-24)14-27-23(32)19-6-4-18(5-7-19)15-30-10-8-29(3)9-11-30/h4-7,13H,8-11,14-17H2,1-3H3,(H,27,32). The summed E-state index contributed by atoms with van der Waals surface area (Å²) >= 11 is 0. The molecule has 8 heteroatoms. The van der Waals surface area contributed by atoms with Crippen molar-refractivity contribution in [3.63, 3.8) is 0 Å². The highest BCUT2D eigenvalue weighted by Crippen LogP contribution is 2.26. The van der Waals surface area contributed by atoms with E-state index in [1.807, 2.05) is 29.2 Å². The zero-order valence-corrected chi connectivity index (χ0v) is 19.1. The fraction of sp³-hybridized carbons (Fsp3) is 0.500. The molecule has 0 atom stereocenters. The number of nitrogens with zero attached hydrogens (tertiary/aromatic N) is 6. The van der Waals surface area contributed by atoms with E-state index in [1.165, 1.54) is 5.56 Å². The number of aliphatic imine (C=N–C) groups is 2. The minimum atomic E-state index is -0.129. The van der Waals surface area contributed by atoms with Gasteiger partial charge in [-0.15, -0.1) is 0 Å². The first-order valence-electron chi connectivity index (χ1n) is 11.1. The Balaban J connectivity index is 1.36. The van der Waals surface area contributed by atoms with E-state index in [4.69, 9.17) is 0 Å². The van der Waals surface area contributed by atoms with Crippen molar-refractivity contribution in [2.45, 2.75) is 20.4 Å². The van der Waals surface area contributed by atoms with Crippen LogP contribution in [0.2, 0.25) is 0 Å². The maximum atomic E-state index is 12.7. The summed E-state index contributed by atoms with van der Waals surface area (Å²) in [6.45, 7) is 11.2. The van der Waals surface area contributed by atoms with Crippen LogP contribution in [0.25, 0.3) is 0 Å². The van der Waals surface area contributed by atoms with E-state index in [2.05, 4.69) is 52.1 Å². The fourth-order valence-corrected chi connectivity index (χ4v) is 4.16. The van der Waals surface area contributed by atoms with Crippen molar-refractivity contribution in [2.24, 2.45) is 15.4 Å². The molecule has 0 unspecified atom stereocenters. The van der Waals surface area contributed by atoms with E-state index in [-0.39, 0.29) is 11.3 Å². The summed E-state index contributed by atoms with van der Waals surface area (Å²) in [7, 11) is 2.15. The summed E-state index contributed by atoms with van der Waals surface area (Å²) in [5.41, 5.74) is 2.64. The number of likely N-dealkylation sites (N-methyl/N-ethyl adjacent to an activating group) is 1. The van der Waals surface area contributed by atoms with Crippen molar-refractivity contribution in [1.82, 2.24) is 20.0 Å². The molecule has 0 spiro atoms. The van der Waals surface area contributed by atoms with Gasteiger partial charge in [-0.2, -0.15) is 5.26 Å². The van der Waals surface area contributed by atoms with Crippen molar-refractivity contribution < 1.29 is 4.79 Å². The van der Waals surface area contributed by atoms with E-state index in [1.54, 1.807) is 6.20 Å². The molecule has 4 rings (SSSR count). The molecule has 1 saturated heterocycles. The van der Waals surface area contributed by atoms with Crippen molar-refractivity contribution in [3.8, 4) is 6.07 Å². The third kappa shape index (κ3) is 5.06. The smallest absolute Gasteiger partial charge is 0.251 e. The Labute approximate surface area is 189 Å². The molecule has 3 aliphatic rings. The normalized spacial score (nSPS) is 21.1. The van der Waals surface area contributed by atoms with Crippen LogP contribution in [0.1, 0.15) is 29.8 Å². The first-order chi connectivity index (χ1) is 15.3. The molecule has 1 amide bonds. The van der Waals surface area contributed by atoms with Gasteiger partial charge in [-0.3, -0.25) is 14.7 Å². The number of benzene rings is 1. The number of piperazine rings is 1. The summed E-state index contributed by atoms with van der Waals surface area (Å²) in [6.07, 6.45) is 1.64. The number of amidine groups is 2. The second-order valence-corrected chi connectivity index (χ2v) is 9.57. The molecular formula is C24H31N7O. The topological polar surface area (TPSA) is 87.3 Å².